The van der Waals surface area contributed by atoms with Crippen molar-refractivity contribution in [2.45, 2.75) is 18.9 Å². The van der Waals surface area contributed by atoms with Crippen LogP contribution in [0.2, 0.25) is 0 Å². The van der Waals surface area contributed by atoms with E-state index in [0.29, 0.717) is 0 Å². The molecule has 0 radical (unpaired) electrons. The quantitative estimate of drug-likeness (QED) is 0.602. The minimum atomic E-state index is -0.879. The number of carbonyl (C=O) groups is 1. The van der Waals surface area contributed by atoms with E-state index in [0.717, 1.165) is 25.9 Å². The van der Waals surface area contributed by atoms with E-state index in [9.17, 15) is 4.79 Å². The highest BCUT2D eigenvalue weighted by Gasteiger charge is 2.27. The molecule has 0 amide bonds. The van der Waals surface area contributed by atoms with Crippen molar-refractivity contribution in [2.24, 2.45) is 11.7 Å². The number of hydrogen-bond acceptors (Lipinski definition) is 3. The Hall–Kier alpha value is -0.610. The van der Waals surface area contributed by atoms with Crippen molar-refractivity contribution in [1.82, 2.24) is 4.90 Å². The van der Waals surface area contributed by atoms with Gasteiger partial charge in [-0.15, -0.1) is 0 Å². The topological polar surface area (TPSA) is 66.6 Å². The van der Waals surface area contributed by atoms with E-state index in [1.165, 1.54) is 0 Å². The third-order valence-corrected chi connectivity index (χ3v) is 2.45. The van der Waals surface area contributed by atoms with Crippen molar-refractivity contribution in [1.29, 1.82) is 0 Å². The highest BCUT2D eigenvalue weighted by atomic mass is 16.4. The molecular weight excluding hydrogens is 156 g/mol. The molecule has 0 aromatic heterocycles. The Morgan fingerprint density at radius 2 is 2.42 bits per heavy atom. The Morgan fingerprint density at radius 3 is 2.92 bits per heavy atom. The fraction of sp³-hybridized carbons (Fsp3) is 0.875. The predicted molar refractivity (Wildman–Crippen MR) is 45.8 cm³/mol. The van der Waals surface area contributed by atoms with E-state index in [1.807, 2.05) is 7.05 Å². The number of likely N-dealkylation sites (tertiary alicyclic amines) is 1. The number of hydrogen-bond donors (Lipinski definition) is 2. The number of carboxylic acids is 1. The first kappa shape index (κ1) is 9.48. The molecule has 12 heavy (non-hydrogen) atoms. The van der Waals surface area contributed by atoms with E-state index < -0.39 is 12.0 Å². The van der Waals surface area contributed by atoms with E-state index in [2.05, 4.69) is 4.90 Å². The molecule has 2 atom stereocenters. The number of nitrogens with zero attached hydrogens (tertiary/aromatic N) is 1. The van der Waals surface area contributed by atoms with Gasteiger partial charge in [-0.2, -0.15) is 0 Å². The van der Waals surface area contributed by atoms with Gasteiger partial charge in [-0.05, 0) is 32.4 Å². The minimum Gasteiger partial charge on any atom is -0.480 e. The summed E-state index contributed by atoms with van der Waals surface area (Å²) < 4.78 is 0. The van der Waals surface area contributed by atoms with Gasteiger partial charge in [0, 0.05) is 6.54 Å². The molecule has 0 aliphatic carbocycles. The van der Waals surface area contributed by atoms with Crippen LogP contribution in [-0.4, -0.2) is 42.2 Å². The van der Waals surface area contributed by atoms with Gasteiger partial charge in [0.25, 0.3) is 0 Å². The van der Waals surface area contributed by atoms with Gasteiger partial charge >= 0.3 is 5.97 Å². The Balaban J connectivity index is 2.45. The summed E-state index contributed by atoms with van der Waals surface area (Å²) >= 11 is 0. The molecule has 0 aromatic rings. The van der Waals surface area contributed by atoms with Crippen LogP contribution in [0.1, 0.15) is 12.8 Å². The van der Waals surface area contributed by atoms with Crippen LogP contribution >= 0.6 is 0 Å². The van der Waals surface area contributed by atoms with Gasteiger partial charge < -0.3 is 15.7 Å². The van der Waals surface area contributed by atoms with Crippen LogP contribution in [0.15, 0.2) is 0 Å². The third-order valence-electron chi connectivity index (χ3n) is 2.45. The minimum absolute atomic E-state index is 0.126. The monoisotopic (exact) mass is 172 g/mol. The fourth-order valence-corrected chi connectivity index (χ4v) is 1.70. The molecule has 70 valence electrons. The predicted octanol–water partition coefficient (Wildman–Crippen LogP) is -0.260. The van der Waals surface area contributed by atoms with E-state index in [4.69, 9.17) is 10.8 Å². The average molecular weight is 172 g/mol. The van der Waals surface area contributed by atoms with Crippen LogP contribution in [0.25, 0.3) is 0 Å². The van der Waals surface area contributed by atoms with Crippen LogP contribution < -0.4 is 5.73 Å². The summed E-state index contributed by atoms with van der Waals surface area (Å²) in [6, 6.07) is -0.687. The molecule has 1 saturated heterocycles. The second kappa shape index (κ2) is 3.87. The molecule has 0 saturated carbocycles. The molecule has 1 heterocycles. The first-order valence-corrected chi connectivity index (χ1v) is 4.28. The molecule has 0 aromatic carbocycles. The molecule has 1 fully saturated rings. The number of rotatable bonds is 2. The van der Waals surface area contributed by atoms with Crippen LogP contribution in [0.3, 0.4) is 0 Å². The van der Waals surface area contributed by atoms with Gasteiger partial charge in [-0.1, -0.05) is 0 Å². The summed E-state index contributed by atoms with van der Waals surface area (Å²) in [7, 11) is 2.00. The number of aliphatic carboxylic acids is 1. The highest BCUT2D eigenvalue weighted by molar-refractivity contribution is 5.73. The largest absolute Gasteiger partial charge is 0.480 e. The maximum atomic E-state index is 10.6. The Bertz CT molecular complexity index is 172. The van der Waals surface area contributed by atoms with Crippen molar-refractivity contribution in [3.63, 3.8) is 0 Å². The molecule has 2 unspecified atom stereocenters. The molecule has 3 N–H and O–H groups in total. The lowest BCUT2D eigenvalue weighted by molar-refractivity contribution is -0.140. The van der Waals surface area contributed by atoms with Gasteiger partial charge in [0.1, 0.15) is 6.04 Å². The Morgan fingerprint density at radius 1 is 1.75 bits per heavy atom. The van der Waals surface area contributed by atoms with Gasteiger partial charge in [0.2, 0.25) is 0 Å². The van der Waals surface area contributed by atoms with Crippen LogP contribution in [0, 0.1) is 5.92 Å². The summed E-state index contributed by atoms with van der Waals surface area (Å²) in [4.78, 5) is 12.7. The second-order valence-electron chi connectivity index (χ2n) is 3.53. The van der Waals surface area contributed by atoms with Crippen molar-refractivity contribution in [2.75, 3.05) is 20.1 Å². The lowest BCUT2D eigenvalue weighted by Gasteiger charge is -2.31. The van der Waals surface area contributed by atoms with Crippen molar-refractivity contribution in [3.8, 4) is 0 Å². The summed E-state index contributed by atoms with van der Waals surface area (Å²) in [5.74, 6) is -0.753. The molecule has 4 nitrogen and oxygen atoms in total. The van der Waals surface area contributed by atoms with Crippen molar-refractivity contribution in [3.05, 3.63) is 0 Å². The van der Waals surface area contributed by atoms with Gasteiger partial charge in [0.15, 0.2) is 0 Å². The number of piperidine rings is 1. The molecule has 4 heteroatoms. The molecule has 1 rings (SSSR count). The zero-order valence-electron chi connectivity index (χ0n) is 7.36. The van der Waals surface area contributed by atoms with Crippen LogP contribution in [0.5, 0.6) is 0 Å². The zero-order valence-corrected chi connectivity index (χ0v) is 7.36. The first-order chi connectivity index (χ1) is 5.61. The average Bonchev–Trinajstić information content (AvgIpc) is 2.03. The van der Waals surface area contributed by atoms with Gasteiger partial charge in [0.05, 0.1) is 0 Å². The molecule has 1 aliphatic rings. The number of carboxylic acid groups (broad SMARTS) is 1. The van der Waals surface area contributed by atoms with Gasteiger partial charge in [-0.3, -0.25) is 4.79 Å². The normalized spacial score (nSPS) is 28.3. The molecule has 1 aliphatic heterocycles. The smallest absolute Gasteiger partial charge is 0.320 e. The standard InChI is InChI=1S/C8H16N2O2/c1-10-4-2-3-6(5-10)7(9)8(11)12/h6-7H,2-5,9H2,1H3,(H,11,12). The zero-order chi connectivity index (χ0) is 9.14. The lowest BCUT2D eigenvalue weighted by atomic mass is 9.91. The first-order valence-electron chi connectivity index (χ1n) is 4.28. The number of nitrogens with two attached hydrogens (primary N) is 1. The van der Waals surface area contributed by atoms with E-state index in [-0.39, 0.29) is 5.92 Å². The summed E-state index contributed by atoms with van der Waals surface area (Å²) in [6.45, 7) is 1.87. The Kier molecular flexibility index (Phi) is 3.05. The molecule has 0 spiro atoms. The summed E-state index contributed by atoms with van der Waals surface area (Å²) in [5.41, 5.74) is 5.53. The SMILES string of the molecule is CN1CCCC(C(N)C(=O)O)C1. The van der Waals surface area contributed by atoms with Crippen LogP contribution in [-0.2, 0) is 4.79 Å². The van der Waals surface area contributed by atoms with Crippen molar-refractivity contribution < 1.29 is 9.90 Å². The highest BCUT2D eigenvalue weighted by Crippen LogP contribution is 2.17. The summed E-state index contributed by atoms with van der Waals surface area (Å²) in [6.07, 6.45) is 2.00. The maximum Gasteiger partial charge on any atom is 0.320 e. The van der Waals surface area contributed by atoms with Crippen molar-refractivity contribution >= 4 is 5.97 Å². The maximum absolute atomic E-state index is 10.6. The van der Waals surface area contributed by atoms with Gasteiger partial charge in [-0.25, -0.2) is 0 Å². The lowest BCUT2D eigenvalue weighted by Crippen LogP contribution is -2.46. The molecular formula is C8H16N2O2. The second-order valence-corrected chi connectivity index (χ2v) is 3.53. The summed E-state index contributed by atoms with van der Waals surface area (Å²) in [5, 5.41) is 8.68. The Labute approximate surface area is 72.3 Å². The van der Waals surface area contributed by atoms with E-state index in [1.54, 1.807) is 0 Å². The van der Waals surface area contributed by atoms with Crippen LogP contribution in [0.4, 0.5) is 0 Å². The van der Waals surface area contributed by atoms with E-state index >= 15 is 0 Å². The fourth-order valence-electron chi connectivity index (χ4n) is 1.70. The molecule has 0 bridgehead atoms. The third kappa shape index (κ3) is 2.19.